The van der Waals surface area contributed by atoms with Crippen molar-refractivity contribution in [3.8, 4) is 0 Å². The van der Waals surface area contributed by atoms with E-state index in [0.29, 0.717) is 18.1 Å². The molecular weight excluding hydrogens is 270 g/mol. The summed E-state index contributed by atoms with van der Waals surface area (Å²) in [6, 6.07) is 0.448. The molecule has 1 aliphatic rings. The summed E-state index contributed by atoms with van der Waals surface area (Å²) >= 11 is 1.69. The third-order valence-electron chi connectivity index (χ3n) is 4.46. The highest BCUT2D eigenvalue weighted by atomic mass is 32.1. The van der Waals surface area contributed by atoms with Crippen molar-refractivity contribution in [3.05, 3.63) is 5.01 Å². The molecule has 5 heteroatoms. The lowest BCUT2D eigenvalue weighted by molar-refractivity contribution is -0.109. The highest BCUT2D eigenvalue weighted by molar-refractivity contribution is 7.15. The zero-order chi connectivity index (χ0) is 14.8. The SMILES string of the molecule is CCOC1CC(Nc2nnc(CC(C)C)s2)C1(C)CC. The van der Waals surface area contributed by atoms with Gasteiger partial charge in [-0.25, -0.2) is 0 Å². The Labute approximate surface area is 126 Å². The van der Waals surface area contributed by atoms with Crippen LogP contribution >= 0.6 is 11.3 Å². The molecule has 1 aromatic heterocycles. The summed E-state index contributed by atoms with van der Waals surface area (Å²) in [5.41, 5.74) is 0.208. The quantitative estimate of drug-likeness (QED) is 0.833. The molecule has 1 heterocycles. The number of hydrogen-bond donors (Lipinski definition) is 1. The average Bonchev–Trinajstić information content (AvgIpc) is 2.83. The van der Waals surface area contributed by atoms with Crippen molar-refractivity contribution >= 4 is 16.5 Å². The third-order valence-corrected chi connectivity index (χ3v) is 5.34. The van der Waals surface area contributed by atoms with Crippen LogP contribution in [0.2, 0.25) is 0 Å². The van der Waals surface area contributed by atoms with Crippen LogP contribution in [0.5, 0.6) is 0 Å². The Hall–Kier alpha value is -0.680. The maximum atomic E-state index is 5.84. The molecule has 1 aliphatic carbocycles. The van der Waals surface area contributed by atoms with Crippen LogP contribution < -0.4 is 5.32 Å². The van der Waals surface area contributed by atoms with E-state index in [9.17, 15) is 0 Å². The van der Waals surface area contributed by atoms with E-state index in [0.717, 1.165) is 36.0 Å². The lowest BCUT2D eigenvalue weighted by atomic mass is 9.61. The van der Waals surface area contributed by atoms with E-state index in [1.165, 1.54) is 0 Å². The van der Waals surface area contributed by atoms with Gasteiger partial charge in [0.25, 0.3) is 0 Å². The number of ether oxygens (including phenoxy) is 1. The van der Waals surface area contributed by atoms with Crippen molar-refractivity contribution in [3.63, 3.8) is 0 Å². The summed E-state index contributed by atoms with van der Waals surface area (Å²) < 4.78 is 5.84. The van der Waals surface area contributed by atoms with Crippen LogP contribution in [-0.4, -0.2) is 29.0 Å². The predicted octanol–water partition coefficient (Wildman–Crippen LogP) is 3.74. The first kappa shape index (κ1) is 15.7. The van der Waals surface area contributed by atoms with Crippen molar-refractivity contribution in [1.29, 1.82) is 0 Å². The molecule has 0 saturated heterocycles. The number of rotatable bonds is 7. The Morgan fingerprint density at radius 1 is 1.40 bits per heavy atom. The van der Waals surface area contributed by atoms with E-state index < -0.39 is 0 Å². The van der Waals surface area contributed by atoms with Crippen molar-refractivity contribution in [2.75, 3.05) is 11.9 Å². The summed E-state index contributed by atoms with van der Waals surface area (Å²) in [6.45, 7) is 11.8. The van der Waals surface area contributed by atoms with E-state index >= 15 is 0 Å². The smallest absolute Gasteiger partial charge is 0.205 e. The van der Waals surface area contributed by atoms with Gasteiger partial charge in [-0.1, -0.05) is 39.0 Å². The third kappa shape index (κ3) is 3.14. The van der Waals surface area contributed by atoms with Gasteiger partial charge in [0, 0.05) is 24.5 Å². The summed E-state index contributed by atoms with van der Waals surface area (Å²) in [7, 11) is 0. The minimum absolute atomic E-state index is 0.208. The second kappa shape index (κ2) is 6.39. The Morgan fingerprint density at radius 2 is 2.15 bits per heavy atom. The first-order chi connectivity index (χ1) is 9.49. The summed E-state index contributed by atoms with van der Waals surface area (Å²) in [6.07, 6.45) is 3.57. The second-order valence-corrected chi connectivity index (χ2v) is 7.40. The van der Waals surface area contributed by atoms with Gasteiger partial charge in [-0.05, 0) is 25.7 Å². The van der Waals surface area contributed by atoms with E-state index in [2.05, 4.69) is 50.1 Å². The van der Waals surface area contributed by atoms with Gasteiger partial charge in [0.15, 0.2) is 0 Å². The highest BCUT2D eigenvalue weighted by Gasteiger charge is 2.51. The lowest BCUT2D eigenvalue weighted by Crippen LogP contribution is -2.59. The second-order valence-electron chi connectivity index (χ2n) is 6.33. The largest absolute Gasteiger partial charge is 0.378 e. The number of aromatic nitrogens is 2. The molecule has 1 aromatic rings. The van der Waals surface area contributed by atoms with Gasteiger partial charge in [-0.3, -0.25) is 0 Å². The molecule has 114 valence electrons. The minimum atomic E-state index is 0.208. The summed E-state index contributed by atoms with van der Waals surface area (Å²) in [5.74, 6) is 0.628. The van der Waals surface area contributed by atoms with Crippen LogP contribution in [0.25, 0.3) is 0 Å². The standard InChI is InChI=1S/C15H27N3OS/c1-6-15(5)11(9-12(15)19-7-2)16-14-18-17-13(20-14)8-10(3)4/h10-12H,6-9H2,1-5H3,(H,16,18). The normalized spacial score (nSPS) is 29.5. The number of nitrogens with zero attached hydrogens (tertiary/aromatic N) is 2. The van der Waals surface area contributed by atoms with Crippen molar-refractivity contribution in [2.24, 2.45) is 11.3 Å². The Bertz CT molecular complexity index is 435. The van der Waals surface area contributed by atoms with Gasteiger partial charge in [-0.2, -0.15) is 0 Å². The molecule has 1 N–H and O–H groups in total. The zero-order valence-corrected chi connectivity index (χ0v) is 14.1. The summed E-state index contributed by atoms with van der Waals surface area (Å²) in [4.78, 5) is 0. The van der Waals surface area contributed by atoms with Crippen LogP contribution in [0.4, 0.5) is 5.13 Å². The van der Waals surface area contributed by atoms with Gasteiger partial charge in [0.2, 0.25) is 5.13 Å². The van der Waals surface area contributed by atoms with Crippen LogP contribution in [0.3, 0.4) is 0 Å². The number of anilines is 1. The monoisotopic (exact) mass is 297 g/mol. The Kier molecular flexibility index (Phi) is 5.02. The fourth-order valence-electron chi connectivity index (χ4n) is 2.87. The van der Waals surface area contributed by atoms with Crippen LogP contribution in [0.1, 0.15) is 52.5 Å². The van der Waals surface area contributed by atoms with Crippen LogP contribution in [0.15, 0.2) is 0 Å². The van der Waals surface area contributed by atoms with Gasteiger partial charge < -0.3 is 10.1 Å². The molecule has 0 spiro atoms. The van der Waals surface area contributed by atoms with E-state index in [1.807, 2.05) is 0 Å². The lowest BCUT2D eigenvalue weighted by Gasteiger charge is -2.53. The molecule has 0 amide bonds. The van der Waals surface area contributed by atoms with Crippen molar-refractivity contribution in [1.82, 2.24) is 10.2 Å². The van der Waals surface area contributed by atoms with Crippen LogP contribution in [-0.2, 0) is 11.2 Å². The molecule has 0 bridgehead atoms. The molecule has 2 rings (SSSR count). The highest BCUT2D eigenvalue weighted by Crippen LogP contribution is 2.47. The Balaban J connectivity index is 1.95. The fraction of sp³-hybridized carbons (Fsp3) is 0.867. The fourth-order valence-corrected chi connectivity index (χ4v) is 3.87. The molecule has 1 fully saturated rings. The van der Waals surface area contributed by atoms with E-state index in [-0.39, 0.29) is 5.41 Å². The van der Waals surface area contributed by atoms with Crippen molar-refractivity contribution in [2.45, 2.75) is 66.0 Å². The predicted molar refractivity (Wildman–Crippen MR) is 84.3 cm³/mol. The van der Waals surface area contributed by atoms with Gasteiger partial charge >= 0.3 is 0 Å². The molecule has 0 aliphatic heterocycles. The first-order valence-electron chi connectivity index (χ1n) is 7.70. The molecule has 3 unspecified atom stereocenters. The molecule has 0 radical (unpaired) electrons. The zero-order valence-electron chi connectivity index (χ0n) is 13.3. The van der Waals surface area contributed by atoms with E-state index in [1.54, 1.807) is 11.3 Å². The van der Waals surface area contributed by atoms with Crippen LogP contribution in [0, 0.1) is 11.3 Å². The topological polar surface area (TPSA) is 47.0 Å². The molecular formula is C15H27N3OS. The average molecular weight is 297 g/mol. The molecule has 20 heavy (non-hydrogen) atoms. The van der Waals surface area contributed by atoms with Gasteiger partial charge in [-0.15, -0.1) is 10.2 Å². The number of nitrogens with one attached hydrogen (secondary N) is 1. The molecule has 0 aromatic carbocycles. The molecule has 3 atom stereocenters. The summed E-state index contributed by atoms with van der Waals surface area (Å²) in [5, 5.41) is 14.2. The van der Waals surface area contributed by atoms with Gasteiger partial charge in [0.05, 0.1) is 6.10 Å². The maximum absolute atomic E-state index is 5.84. The Morgan fingerprint density at radius 3 is 2.75 bits per heavy atom. The van der Waals surface area contributed by atoms with E-state index in [4.69, 9.17) is 4.74 Å². The molecule has 1 saturated carbocycles. The molecule has 4 nitrogen and oxygen atoms in total. The number of hydrogen-bond acceptors (Lipinski definition) is 5. The maximum Gasteiger partial charge on any atom is 0.205 e. The minimum Gasteiger partial charge on any atom is -0.378 e. The van der Waals surface area contributed by atoms with Crippen molar-refractivity contribution < 1.29 is 4.74 Å². The first-order valence-corrected chi connectivity index (χ1v) is 8.51. The van der Waals surface area contributed by atoms with Gasteiger partial charge in [0.1, 0.15) is 5.01 Å².